The molecule has 0 saturated heterocycles. The number of carbonyl (C=O) groups excluding carboxylic acids is 1. The van der Waals surface area contributed by atoms with E-state index in [4.69, 9.17) is 5.11 Å². The molecule has 0 radical (unpaired) electrons. The standard InChI is InChI=1S/C17H26N2O2/c1-12-3-6-16(11-13(12)2)19-15-7-4-14(5-8-15)17(21)18-9-10-20/h4-5,7-8,12-13,16,19-20H,3,6,9-11H2,1-2H3,(H,18,21). The number of hydrogen-bond donors (Lipinski definition) is 3. The summed E-state index contributed by atoms with van der Waals surface area (Å²) < 4.78 is 0. The van der Waals surface area contributed by atoms with Gasteiger partial charge in [0.15, 0.2) is 0 Å². The summed E-state index contributed by atoms with van der Waals surface area (Å²) in [5.41, 5.74) is 1.69. The first kappa shape index (κ1) is 15.8. The number of aliphatic hydroxyl groups excluding tert-OH is 1. The maximum atomic E-state index is 11.7. The van der Waals surface area contributed by atoms with Gasteiger partial charge in [0.25, 0.3) is 5.91 Å². The van der Waals surface area contributed by atoms with Gasteiger partial charge in [-0.05, 0) is 55.4 Å². The molecule has 1 amide bonds. The highest BCUT2D eigenvalue weighted by Crippen LogP contribution is 2.31. The molecule has 3 N–H and O–H groups in total. The summed E-state index contributed by atoms with van der Waals surface area (Å²) in [4.78, 5) is 11.7. The van der Waals surface area contributed by atoms with E-state index in [0.29, 0.717) is 11.6 Å². The zero-order chi connectivity index (χ0) is 15.2. The molecule has 21 heavy (non-hydrogen) atoms. The van der Waals surface area contributed by atoms with Crippen molar-refractivity contribution in [2.45, 2.75) is 39.2 Å². The van der Waals surface area contributed by atoms with Gasteiger partial charge in [-0.3, -0.25) is 4.79 Å². The van der Waals surface area contributed by atoms with Crippen molar-refractivity contribution in [1.82, 2.24) is 5.32 Å². The second-order valence-corrected chi connectivity index (χ2v) is 6.17. The van der Waals surface area contributed by atoms with Crippen LogP contribution in [0, 0.1) is 11.8 Å². The number of carbonyl (C=O) groups is 1. The predicted octanol–water partition coefficient (Wildman–Crippen LogP) is 2.65. The Kier molecular flexibility index (Phi) is 5.62. The average molecular weight is 290 g/mol. The van der Waals surface area contributed by atoms with Crippen molar-refractivity contribution >= 4 is 11.6 Å². The molecule has 0 bridgehead atoms. The van der Waals surface area contributed by atoms with Crippen LogP contribution in [0.4, 0.5) is 5.69 Å². The predicted molar refractivity (Wildman–Crippen MR) is 85.5 cm³/mol. The van der Waals surface area contributed by atoms with E-state index in [9.17, 15) is 4.79 Å². The van der Waals surface area contributed by atoms with Gasteiger partial charge in [0.1, 0.15) is 0 Å². The number of hydrogen-bond acceptors (Lipinski definition) is 3. The van der Waals surface area contributed by atoms with Crippen LogP contribution in [0.5, 0.6) is 0 Å². The molecule has 1 aromatic carbocycles. The van der Waals surface area contributed by atoms with Crippen molar-refractivity contribution in [1.29, 1.82) is 0 Å². The van der Waals surface area contributed by atoms with E-state index in [-0.39, 0.29) is 19.1 Å². The molecule has 4 nitrogen and oxygen atoms in total. The van der Waals surface area contributed by atoms with Gasteiger partial charge in [-0.25, -0.2) is 0 Å². The summed E-state index contributed by atoms with van der Waals surface area (Å²) in [5, 5.41) is 14.9. The van der Waals surface area contributed by atoms with Crippen LogP contribution in [0.25, 0.3) is 0 Å². The topological polar surface area (TPSA) is 61.4 Å². The minimum atomic E-state index is -0.143. The minimum Gasteiger partial charge on any atom is -0.395 e. The lowest BCUT2D eigenvalue weighted by atomic mass is 9.79. The van der Waals surface area contributed by atoms with E-state index in [2.05, 4.69) is 24.5 Å². The van der Waals surface area contributed by atoms with E-state index in [1.165, 1.54) is 19.3 Å². The number of benzene rings is 1. The summed E-state index contributed by atoms with van der Waals surface area (Å²) in [7, 11) is 0. The largest absolute Gasteiger partial charge is 0.395 e. The molecule has 3 atom stereocenters. The Morgan fingerprint density at radius 2 is 1.90 bits per heavy atom. The molecule has 2 rings (SSSR count). The quantitative estimate of drug-likeness (QED) is 0.781. The van der Waals surface area contributed by atoms with Crippen LogP contribution >= 0.6 is 0 Å². The van der Waals surface area contributed by atoms with Crippen molar-refractivity contribution in [3.8, 4) is 0 Å². The van der Waals surface area contributed by atoms with E-state index in [0.717, 1.165) is 17.5 Å². The first-order valence-electron chi connectivity index (χ1n) is 7.85. The lowest BCUT2D eigenvalue weighted by molar-refractivity contribution is 0.0945. The fourth-order valence-corrected chi connectivity index (χ4v) is 2.90. The fraction of sp³-hybridized carbons (Fsp3) is 0.588. The maximum absolute atomic E-state index is 11.7. The maximum Gasteiger partial charge on any atom is 0.251 e. The van der Waals surface area contributed by atoms with Crippen molar-refractivity contribution < 1.29 is 9.90 Å². The highest BCUT2D eigenvalue weighted by molar-refractivity contribution is 5.94. The van der Waals surface area contributed by atoms with Crippen LogP contribution in [-0.2, 0) is 0 Å². The van der Waals surface area contributed by atoms with Gasteiger partial charge in [0.2, 0.25) is 0 Å². The lowest BCUT2D eigenvalue weighted by Gasteiger charge is -2.33. The molecule has 0 aliphatic heterocycles. The average Bonchev–Trinajstić information content (AvgIpc) is 2.49. The van der Waals surface area contributed by atoms with E-state index in [1.54, 1.807) is 0 Å². The third-order valence-electron chi connectivity index (χ3n) is 4.51. The Morgan fingerprint density at radius 3 is 2.52 bits per heavy atom. The smallest absolute Gasteiger partial charge is 0.251 e. The molecule has 0 heterocycles. The molecule has 0 aromatic heterocycles. The highest BCUT2D eigenvalue weighted by atomic mass is 16.3. The summed E-state index contributed by atoms with van der Waals surface area (Å²) >= 11 is 0. The second-order valence-electron chi connectivity index (χ2n) is 6.17. The molecular formula is C17H26N2O2. The van der Waals surface area contributed by atoms with Gasteiger partial charge in [0, 0.05) is 23.8 Å². The summed E-state index contributed by atoms with van der Waals surface area (Å²) in [5.74, 6) is 1.44. The Hall–Kier alpha value is -1.55. The Bertz CT molecular complexity index is 458. The van der Waals surface area contributed by atoms with E-state index >= 15 is 0 Å². The molecule has 1 saturated carbocycles. The van der Waals surface area contributed by atoms with Gasteiger partial charge < -0.3 is 15.7 Å². The molecule has 0 spiro atoms. The van der Waals surface area contributed by atoms with Gasteiger partial charge in [0.05, 0.1) is 6.61 Å². The first-order valence-corrected chi connectivity index (χ1v) is 7.85. The van der Waals surface area contributed by atoms with Crippen LogP contribution in [0.15, 0.2) is 24.3 Å². The van der Waals surface area contributed by atoms with Crippen molar-refractivity contribution in [3.63, 3.8) is 0 Å². The van der Waals surface area contributed by atoms with Gasteiger partial charge in [-0.2, -0.15) is 0 Å². The Morgan fingerprint density at radius 1 is 1.19 bits per heavy atom. The third kappa shape index (κ3) is 4.46. The molecule has 1 aliphatic carbocycles. The normalized spacial score (nSPS) is 25.4. The Balaban J connectivity index is 1.89. The highest BCUT2D eigenvalue weighted by Gasteiger charge is 2.24. The van der Waals surface area contributed by atoms with Crippen LogP contribution in [0.1, 0.15) is 43.5 Å². The molecule has 116 valence electrons. The molecule has 1 aromatic rings. The van der Waals surface area contributed by atoms with Crippen LogP contribution in [0.2, 0.25) is 0 Å². The lowest BCUT2D eigenvalue weighted by Crippen LogP contribution is -2.30. The number of nitrogens with one attached hydrogen (secondary N) is 2. The molecule has 3 unspecified atom stereocenters. The summed E-state index contributed by atoms with van der Waals surface area (Å²) in [6, 6.07) is 8.09. The van der Waals surface area contributed by atoms with E-state index in [1.807, 2.05) is 24.3 Å². The van der Waals surface area contributed by atoms with Crippen molar-refractivity contribution in [3.05, 3.63) is 29.8 Å². The monoisotopic (exact) mass is 290 g/mol. The van der Waals surface area contributed by atoms with Gasteiger partial charge in [-0.15, -0.1) is 0 Å². The van der Waals surface area contributed by atoms with Crippen LogP contribution in [-0.4, -0.2) is 30.2 Å². The number of rotatable bonds is 5. The minimum absolute atomic E-state index is 0.0380. The van der Waals surface area contributed by atoms with Crippen LogP contribution < -0.4 is 10.6 Å². The first-order chi connectivity index (χ1) is 10.1. The molecular weight excluding hydrogens is 264 g/mol. The molecule has 1 aliphatic rings. The number of anilines is 1. The van der Waals surface area contributed by atoms with Gasteiger partial charge in [-0.1, -0.05) is 13.8 Å². The second kappa shape index (κ2) is 7.46. The van der Waals surface area contributed by atoms with E-state index < -0.39 is 0 Å². The SMILES string of the molecule is CC1CCC(Nc2ccc(C(=O)NCCO)cc2)CC1C. The summed E-state index contributed by atoms with van der Waals surface area (Å²) in [6.07, 6.45) is 3.70. The number of amides is 1. The fourth-order valence-electron chi connectivity index (χ4n) is 2.90. The Labute approximate surface area is 126 Å². The van der Waals surface area contributed by atoms with Crippen LogP contribution in [0.3, 0.4) is 0 Å². The molecule has 1 fully saturated rings. The summed E-state index contributed by atoms with van der Waals surface area (Å²) in [6.45, 7) is 4.91. The third-order valence-corrected chi connectivity index (χ3v) is 4.51. The molecule has 4 heteroatoms. The zero-order valence-electron chi connectivity index (χ0n) is 12.9. The zero-order valence-corrected chi connectivity index (χ0v) is 12.9. The van der Waals surface area contributed by atoms with Gasteiger partial charge >= 0.3 is 0 Å². The van der Waals surface area contributed by atoms with Crippen molar-refractivity contribution in [2.75, 3.05) is 18.5 Å². The number of aliphatic hydroxyl groups is 1. The van der Waals surface area contributed by atoms with Crippen molar-refractivity contribution in [2.24, 2.45) is 11.8 Å².